The molecule has 1 saturated heterocycles. The Balaban J connectivity index is 1.94. The van der Waals surface area contributed by atoms with Crippen molar-refractivity contribution in [2.75, 3.05) is 4.90 Å². The van der Waals surface area contributed by atoms with Crippen molar-refractivity contribution in [1.29, 1.82) is 0 Å². The average Bonchev–Trinajstić information content (AvgIpc) is 3.06. The number of ketones is 1. The Bertz CT molecular complexity index is 1260. The van der Waals surface area contributed by atoms with Crippen LogP contribution in [0.3, 0.4) is 0 Å². The molecule has 160 valence electrons. The Kier molecular flexibility index (Phi) is 5.32. The summed E-state index contributed by atoms with van der Waals surface area (Å²) < 4.78 is 0. The number of benzene rings is 3. The normalized spacial score (nSPS) is 17.6. The summed E-state index contributed by atoms with van der Waals surface area (Å²) in [5, 5.41) is 22.0. The smallest absolute Gasteiger partial charge is 0.300 e. The fraction of sp³-hybridized carbons (Fsp3) is 0.120. The van der Waals surface area contributed by atoms with Gasteiger partial charge >= 0.3 is 0 Å². The lowest BCUT2D eigenvalue weighted by Gasteiger charge is -2.27. The van der Waals surface area contributed by atoms with Crippen molar-refractivity contribution in [3.8, 4) is 0 Å². The molecule has 0 bridgehead atoms. The maximum atomic E-state index is 13.2. The largest absolute Gasteiger partial charge is 0.507 e. The van der Waals surface area contributed by atoms with Gasteiger partial charge in [-0.25, -0.2) is 0 Å². The van der Waals surface area contributed by atoms with Crippen molar-refractivity contribution >= 4 is 28.8 Å². The number of nitrogens with zero attached hydrogens (tertiary/aromatic N) is 2. The summed E-state index contributed by atoms with van der Waals surface area (Å²) in [5.74, 6) is -1.92. The Morgan fingerprint density at radius 3 is 2.22 bits per heavy atom. The lowest BCUT2D eigenvalue weighted by molar-refractivity contribution is -0.384. The molecule has 3 aromatic carbocycles. The van der Waals surface area contributed by atoms with Gasteiger partial charge in [0.1, 0.15) is 5.76 Å². The number of amides is 1. The number of aliphatic hydroxyl groups is 1. The van der Waals surface area contributed by atoms with E-state index in [9.17, 15) is 24.8 Å². The molecule has 0 saturated carbocycles. The highest BCUT2D eigenvalue weighted by atomic mass is 16.6. The van der Waals surface area contributed by atoms with Crippen LogP contribution in [0.1, 0.15) is 28.3 Å². The van der Waals surface area contributed by atoms with Crippen molar-refractivity contribution in [1.82, 2.24) is 0 Å². The molecule has 0 aromatic heterocycles. The van der Waals surface area contributed by atoms with Crippen LogP contribution in [0.4, 0.5) is 11.4 Å². The number of carbonyl (C=O) groups excluding carboxylic acids is 2. The average molecular weight is 428 g/mol. The standard InChI is InChI=1S/C25H20N2O5/c1-15-7-6-10-20(16(15)2)26-22(17-8-4-3-5-9-17)21(24(29)25(26)30)23(28)18-11-13-19(14-12-18)27(31)32/h3-14,22,28H,1-2H3/b23-21+. The molecule has 32 heavy (non-hydrogen) atoms. The van der Waals surface area contributed by atoms with E-state index in [1.54, 1.807) is 30.3 Å². The summed E-state index contributed by atoms with van der Waals surface area (Å²) in [5.41, 5.74) is 3.08. The molecule has 1 amide bonds. The highest BCUT2D eigenvalue weighted by Gasteiger charge is 2.47. The van der Waals surface area contributed by atoms with Gasteiger partial charge in [0, 0.05) is 23.4 Å². The van der Waals surface area contributed by atoms with Crippen molar-refractivity contribution in [3.63, 3.8) is 0 Å². The third-order valence-corrected chi connectivity index (χ3v) is 5.75. The number of aliphatic hydroxyl groups excluding tert-OH is 1. The van der Waals surface area contributed by atoms with E-state index in [1.165, 1.54) is 29.2 Å². The fourth-order valence-electron chi connectivity index (χ4n) is 3.92. The SMILES string of the molecule is Cc1cccc(N2C(=O)C(=O)/C(=C(/O)c3ccc([N+](=O)[O-])cc3)C2c2ccccc2)c1C. The van der Waals surface area contributed by atoms with E-state index >= 15 is 0 Å². The molecule has 1 atom stereocenters. The summed E-state index contributed by atoms with van der Waals surface area (Å²) in [4.78, 5) is 38.1. The number of anilines is 1. The molecule has 4 rings (SSSR count). The molecule has 7 heteroatoms. The van der Waals surface area contributed by atoms with Crippen molar-refractivity contribution < 1.29 is 19.6 Å². The van der Waals surface area contributed by atoms with Crippen LogP contribution in [0, 0.1) is 24.0 Å². The third-order valence-electron chi connectivity index (χ3n) is 5.75. The zero-order valence-electron chi connectivity index (χ0n) is 17.5. The van der Waals surface area contributed by atoms with Gasteiger partial charge in [0.05, 0.1) is 16.5 Å². The van der Waals surface area contributed by atoms with E-state index in [1.807, 2.05) is 32.0 Å². The number of carbonyl (C=O) groups is 2. The van der Waals surface area contributed by atoms with Crippen LogP contribution in [0.5, 0.6) is 0 Å². The van der Waals surface area contributed by atoms with Gasteiger partial charge in [0.15, 0.2) is 0 Å². The Labute approximate surface area is 184 Å². The molecular weight excluding hydrogens is 408 g/mol. The van der Waals surface area contributed by atoms with E-state index in [4.69, 9.17) is 0 Å². The summed E-state index contributed by atoms with van der Waals surface area (Å²) in [6, 6.07) is 18.9. The second-order valence-electron chi connectivity index (χ2n) is 7.60. The van der Waals surface area contributed by atoms with Gasteiger partial charge in [-0.15, -0.1) is 0 Å². The van der Waals surface area contributed by atoms with Gasteiger partial charge in [0.2, 0.25) is 0 Å². The maximum absolute atomic E-state index is 13.2. The lowest BCUT2D eigenvalue weighted by atomic mass is 9.94. The maximum Gasteiger partial charge on any atom is 0.300 e. The predicted molar refractivity (Wildman–Crippen MR) is 120 cm³/mol. The van der Waals surface area contributed by atoms with E-state index in [0.29, 0.717) is 11.3 Å². The topological polar surface area (TPSA) is 101 Å². The molecule has 1 aliphatic heterocycles. The van der Waals surface area contributed by atoms with Gasteiger partial charge in [-0.1, -0.05) is 42.5 Å². The first-order valence-corrected chi connectivity index (χ1v) is 9.98. The number of hydrogen-bond donors (Lipinski definition) is 1. The first kappa shape index (κ1) is 21.0. The van der Waals surface area contributed by atoms with Crippen LogP contribution < -0.4 is 4.90 Å². The molecule has 1 heterocycles. The monoisotopic (exact) mass is 428 g/mol. The number of non-ortho nitro benzene ring substituents is 1. The molecular formula is C25H20N2O5. The van der Waals surface area contributed by atoms with Gasteiger partial charge in [0.25, 0.3) is 17.4 Å². The van der Waals surface area contributed by atoms with Crippen LogP contribution in [0.25, 0.3) is 5.76 Å². The highest BCUT2D eigenvalue weighted by Crippen LogP contribution is 2.43. The zero-order chi connectivity index (χ0) is 23.0. The molecule has 0 radical (unpaired) electrons. The van der Waals surface area contributed by atoms with Crippen LogP contribution in [0.15, 0.2) is 78.4 Å². The van der Waals surface area contributed by atoms with Crippen LogP contribution in [0.2, 0.25) is 0 Å². The quantitative estimate of drug-likeness (QED) is 0.211. The minimum atomic E-state index is -0.841. The number of hydrogen-bond acceptors (Lipinski definition) is 5. The van der Waals surface area contributed by atoms with E-state index < -0.39 is 22.7 Å². The first-order chi connectivity index (χ1) is 15.3. The van der Waals surface area contributed by atoms with Crippen LogP contribution in [-0.2, 0) is 9.59 Å². The van der Waals surface area contributed by atoms with Gasteiger partial charge in [-0.2, -0.15) is 0 Å². The Morgan fingerprint density at radius 2 is 1.59 bits per heavy atom. The summed E-state index contributed by atoms with van der Waals surface area (Å²) in [6.07, 6.45) is 0. The molecule has 3 aromatic rings. The predicted octanol–water partition coefficient (Wildman–Crippen LogP) is 4.84. The molecule has 1 unspecified atom stereocenters. The summed E-state index contributed by atoms with van der Waals surface area (Å²) >= 11 is 0. The Hall–Kier alpha value is -4.26. The number of nitro benzene ring substituents is 1. The lowest BCUT2D eigenvalue weighted by Crippen LogP contribution is -2.30. The molecule has 0 spiro atoms. The van der Waals surface area contributed by atoms with Gasteiger partial charge < -0.3 is 5.11 Å². The molecule has 1 N–H and O–H groups in total. The second-order valence-corrected chi connectivity index (χ2v) is 7.60. The van der Waals surface area contributed by atoms with Crippen LogP contribution in [-0.4, -0.2) is 21.7 Å². The number of aryl methyl sites for hydroxylation is 1. The number of nitro groups is 1. The van der Waals surface area contributed by atoms with E-state index in [2.05, 4.69) is 0 Å². The fourth-order valence-corrected chi connectivity index (χ4v) is 3.92. The second kappa shape index (κ2) is 8.11. The first-order valence-electron chi connectivity index (χ1n) is 9.98. The van der Waals surface area contributed by atoms with E-state index in [-0.39, 0.29) is 22.6 Å². The van der Waals surface area contributed by atoms with Crippen molar-refractivity contribution in [3.05, 3.63) is 111 Å². The number of Topliss-reactive ketones (excluding diaryl/α,β-unsaturated/α-hetero) is 1. The molecule has 0 aliphatic carbocycles. The molecule has 1 aliphatic rings. The van der Waals surface area contributed by atoms with Crippen molar-refractivity contribution in [2.24, 2.45) is 0 Å². The van der Waals surface area contributed by atoms with E-state index in [0.717, 1.165) is 11.1 Å². The third kappa shape index (κ3) is 3.43. The summed E-state index contributed by atoms with van der Waals surface area (Å²) in [6.45, 7) is 3.80. The molecule has 7 nitrogen and oxygen atoms in total. The zero-order valence-corrected chi connectivity index (χ0v) is 17.5. The molecule has 1 fully saturated rings. The van der Waals surface area contributed by atoms with Crippen molar-refractivity contribution in [2.45, 2.75) is 19.9 Å². The van der Waals surface area contributed by atoms with Gasteiger partial charge in [-0.05, 0) is 48.7 Å². The van der Waals surface area contributed by atoms with Gasteiger partial charge in [-0.3, -0.25) is 24.6 Å². The van der Waals surface area contributed by atoms with Crippen LogP contribution >= 0.6 is 0 Å². The Morgan fingerprint density at radius 1 is 0.938 bits per heavy atom. The number of rotatable bonds is 4. The minimum absolute atomic E-state index is 0.0593. The summed E-state index contributed by atoms with van der Waals surface area (Å²) in [7, 11) is 0. The highest BCUT2D eigenvalue weighted by molar-refractivity contribution is 6.51. The minimum Gasteiger partial charge on any atom is -0.507 e.